The summed E-state index contributed by atoms with van der Waals surface area (Å²) in [7, 11) is 0. The van der Waals surface area contributed by atoms with E-state index in [-0.39, 0.29) is 12.3 Å². The summed E-state index contributed by atoms with van der Waals surface area (Å²) in [5, 5.41) is 11.9. The normalized spacial score (nSPS) is 16.2. The Morgan fingerprint density at radius 1 is 1.52 bits per heavy atom. The van der Waals surface area contributed by atoms with E-state index in [0.29, 0.717) is 24.5 Å². The number of rotatable bonds is 4. The first kappa shape index (κ1) is 15.3. The molecule has 0 radical (unpaired) electrons. The maximum atomic E-state index is 11.9. The Bertz CT molecular complexity index is 569. The topological polar surface area (TPSA) is 102 Å². The molecule has 1 aromatic rings. The SMILES string of the molecule is CC(C)(CC(N)c1ccc2c(c1)C(=O)NCCO2)C(=O)O. The molecule has 0 bridgehead atoms. The summed E-state index contributed by atoms with van der Waals surface area (Å²) in [6.45, 7) is 4.15. The minimum atomic E-state index is -0.926. The number of ether oxygens (including phenoxy) is 1. The third-order valence-electron chi connectivity index (χ3n) is 3.63. The fourth-order valence-electron chi connectivity index (χ4n) is 2.26. The van der Waals surface area contributed by atoms with Gasteiger partial charge in [0.1, 0.15) is 12.4 Å². The van der Waals surface area contributed by atoms with Crippen molar-refractivity contribution in [1.29, 1.82) is 0 Å². The Morgan fingerprint density at radius 2 is 2.24 bits per heavy atom. The molecule has 6 heteroatoms. The van der Waals surface area contributed by atoms with E-state index < -0.39 is 17.4 Å². The Kier molecular flexibility index (Phi) is 4.18. The number of carbonyl (C=O) groups excluding carboxylic acids is 1. The van der Waals surface area contributed by atoms with Gasteiger partial charge in [-0.15, -0.1) is 0 Å². The van der Waals surface area contributed by atoms with Crippen LogP contribution >= 0.6 is 0 Å². The van der Waals surface area contributed by atoms with Crippen molar-refractivity contribution in [2.24, 2.45) is 11.1 Å². The molecular formula is C15H20N2O4. The van der Waals surface area contributed by atoms with Crippen LogP contribution in [0.5, 0.6) is 5.75 Å². The molecule has 1 aliphatic heterocycles. The highest BCUT2D eigenvalue weighted by Crippen LogP contribution is 2.31. The number of carboxylic acids is 1. The van der Waals surface area contributed by atoms with Crippen LogP contribution in [-0.2, 0) is 4.79 Å². The van der Waals surface area contributed by atoms with Crippen molar-refractivity contribution in [3.63, 3.8) is 0 Å². The molecule has 2 rings (SSSR count). The molecule has 0 fully saturated rings. The number of hydrogen-bond donors (Lipinski definition) is 3. The van der Waals surface area contributed by atoms with Gasteiger partial charge in [-0.1, -0.05) is 6.07 Å². The highest BCUT2D eigenvalue weighted by molar-refractivity contribution is 5.97. The number of benzene rings is 1. The Balaban J connectivity index is 2.25. The van der Waals surface area contributed by atoms with Crippen molar-refractivity contribution in [1.82, 2.24) is 5.32 Å². The molecule has 114 valence electrons. The van der Waals surface area contributed by atoms with Gasteiger partial charge >= 0.3 is 5.97 Å². The quantitative estimate of drug-likeness (QED) is 0.776. The molecule has 1 aromatic carbocycles. The molecule has 0 aromatic heterocycles. The second-order valence-corrected chi connectivity index (χ2v) is 5.86. The molecule has 21 heavy (non-hydrogen) atoms. The van der Waals surface area contributed by atoms with Crippen LogP contribution in [0.2, 0.25) is 0 Å². The van der Waals surface area contributed by atoms with E-state index in [0.717, 1.165) is 5.56 Å². The van der Waals surface area contributed by atoms with Crippen molar-refractivity contribution in [3.05, 3.63) is 29.3 Å². The fourth-order valence-corrected chi connectivity index (χ4v) is 2.26. The molecule has 0 saturated heterocycles. The lowest BCUT2D eigenvalue weighted by molar-refractivity contribution is -0.147. The summed E-state index contributed by atoms with van der Waals surface area (Å²) in [4.78, 5) is 23.1. The van der Waals surface area contributed by atoms with Crippen LogP contribution in [0.4, 0.5) is 0 Å². The maximum Gasteiger partial charge on any atom is 0.309 e. The van der Waals surface area contributed by atoms with Crippen molar-refractivity contribution in [2.45, 2.75) is 26.3 Å². The molecular weight excluding hydrogens is 272 g/mol. The Morgan fingerprint density at radius 3 is 2.90 bits per heavy atom. The standard InChI is InChI=1S/C15H20N2O4/c1-15(2,14(19)20)8-11(16)9-3-4-12-10(7-9)13(18)17-5-6-21-12/h3-4,7,11H,5-6,8,16H2,1-2H3,(H,17,18)(H,19,20). The number of fused-ring (bicyclic) bond motifs is 1. The summed E-state index contributed by atoms with van der Waals surface area (Å²) < 4.78 is 5.47. The lowest BCUT2D eigenvalue weighted by atomic mass is 9.83. The zero-order valence-electron chi connectivity index (χ0n) is 12.2. The molecule has 1 heterocycles. The zero-order valence-corrected chi connectivity index (χ0v) is 12.2. The third kappa shape index (κ3) is 3.33. The molecule has 1 aliphatic rings. The van der Waals surface area contributed by atoms with Gasteiger partial charge in [0.15, 0.2) is 0 Å². The van der Waals surface area contributed by atoms with Crippen LogP contribution < -0.4 is 15.8 Å². The lowest BCUT2D eigenvalue weighted by Crippen LogP contribution is -2.29. The van der Waals surface area contributed by atoms with Crippen LogP contribution in [0, 0.1) is 5.41 Å². The van der Waals surface area contributed by atoms with E-state index in [1.54, 1.807) is 32.0 Å². The predicted molar refractivity (Wildman–Crippen MR) is 77.2 cm³/mol. The van der Waals surface area contributed by atoms with Crippen LogP contribution in [0.3, 0.4) is 0 Å². The molecule has 0 aliphatic carbocycles. The molecule has 0 spiro atoms. The third-order valence-corrected chi connectivity index (χ3v) is 3.63. The molecule has 4 N–H and O–H groups in total. The molecule has 1 unspecified atom stereocenters. The smallest absolute Gasteiger partial charge is 0.309 e. The van der Waals surface area contributed by atoms with E-state index in [2.05, 4.69) is 5.32 Å². The van der Waals surface area contributed by atoms with Gasteiger partial charge in [0.25, 0.3) is 5.91 Å². The van der Waals surface area contributed by atoms with E-state index >= 15 is 0 Å². The first-order valence-corrected chi connectivity index (χ1v) is 6.85. The van der Waals surface area contributed by atoms with Crippen LogP contribution in [0.15, 0.2) is 18.2 Å². The number of hydrogen-bond acceptors (Lipinski definition) is 4. The van der Waals surface area contributed by atoms with Gasteiger partial charge in [-0.2, -0.15) is 0 Å². The number of carbonyl (C=O) groups is 2. The molecule has 1 atom stereocenters. The minimum absolute atomic E-state index is 0.200. The first-order valence-electron chi connectivity index (χ1n) is 6.85. The molecule has 1 amide bonds. The predicted octanol–water partition coefficient (Wildman–Crippen LogP) is 1.31. The van der Waals surface area contributed by atoms with E-state index in [1.807, 2.05) is 0 Å². The summed E-state index contributed by atoms with van der Waals surface area (Å²) in [6.07, 6.45) is 0.281. The second kappa shape index (κ2) is 5.73. The van der Waals surface area contributed by atoms with Crippen molar-refractivity contribution >= 4 is 11.9 Å². The van der Waals surface area contributed by atoms with Crippen molar-refractivity contribution in [3.8, 4) is 5.75 Å². The number of nitrogens with two attached hydrogens (primary N) is 1. The van der Waals surface area contributed by atoms with Gasteiger partial charge in [-0.3, -0.25) is 9.59 Å². The average molecular weight is 292 g/mol. The Hall–Kier alpha value is -2.08. The summed E-state index contributed by atoms with van der Waals surface area (Å²) >= 11 is 0. The average Bonchev–Trinajstić information content (AvgIpc) is 2.60. The molecule has 0 saturated carbocycles. The maximum absolute atomic E-state index is 11.9. The van der Waals surface area contributed by atoms with Gasteiger partial charge in [-0.25, -0.2) is 0 Å². The Labute approximate surface area is 123 Å². The van der Waals surface area contributed by atoms with Crippen LogP contribution in [-0.4, -0.2) is 30.1 Å². The first-order chi connectivity index (χ1) is 9.81. The minimum Gasteiger partial charge on any atom is -0.491 e. The van der Waals surface area contributed by atoms with E-state index in [9.17, 15) is 9.59 Å². The van der Waals surface area contributed by atoms with Gasteiger partial charge in [0.2, 0.25) is 0 Å². The van der Waals surface area contributed by atoms with E-state index in [4.69, 9.17) is 15.6 Å². The molecule has 6 nitrogen and oxygen atoms in total. The summed E-state index contributed by atoms with van der Waals surface area (Å²) in [5.41, 5.74) is 6.34. The van der Waals surface area contributed by atoms with Gasteiger partial charge < -0.3 is 20.9 Å². The largest absolute Gasteiger partial charge is 0.491 e. The second-order valence-electron chi connectivity index (χ2n) is 5.86. The number of nitrogens with one attached hydrogen (secondary N) is 1. The summed E-state index contributed by atoms with van der Waals surface area (Å²) in [6, 6.07) is 4.71. The van der Waals surface area contributed by atoms with Gasteiger partial charge in [0.05, 0.1) is 17.5 Å². The van der Waals surface area contributed by atoms with Crippen LogP contribution in [0.25, 0.3) is 0 Å². The van der Waals surface area contributed by atoms with E-state index in [1.165, 1.54) is 0 Å². The van der Waals surface area contributed by atoms with Crippen molar-refractivity contribution in [2.75, 3.05) is 13.2 Å². The fraction of sp³-hybridized carbons (Fsp3) is 0.467. The number of carboxylic acid groups (broad SMARTS) is 1. The highest BCUT2D eigenvalue weighted by atomic mass is 16.5. The van der Waals surface area contributed by atoms with Crippen LogP contribution in [0.1, 0.15) is 42.2 Å². The van der Waals surface area contributed by atoms with Gasteiger partial charge in [0, 0.05) is 6.04 Å². The zero-order chi connectivity index (χ0) is 15.6. The van der Waals surface area contributed by atoms with Gasteiger partial charge in [-0.05, 0) is 38.0 Å². The number of amides is 1. The van der Waals surface area contributed by atoms with Crippen molar-refractivity contribution < 1.29 is 19.4 Å². The number of aliphatic carboxylic acids is 1. The lowest BCUT2D eigenvalue weighted by Gasteiger charge is -2.24. The summed E-state index contributed by atoms with van der Waals surface area (Å²) in [5.74, 6) is -0.568. The monoisotopic (exact) mass is 292 g/mol. The highest BCUT2D eigenvalue weighted by Gasteiger charge is 2.30.